The monoisotopic (exact) mass is 413 g/mol. The average Bonchev–Trinajstić information content (AvgIpc) is 3.51. The maximum atomic E-state index is 12.5. The van der Waals surface area contributed by atoms with Crippen LogP contribution in [0.4, 0.5) is 10.5 Å². The van der Waals surface area contributed by atoms with Gasteiger partial charge in [-0.15, -0.1) is 0 Å². The Morgan fingerprint density at radius 1 is 1.23 bits per heavy atom. The van der Waals surface area contributed by atoms with Crippen molar-refractivity contribution in [3.8, 4) is 0 Å². The molecule has 1 aromatic heterocycles. The van der Waals surface area contributed by atoms with Crippen LogP contribution >= 0.6 is 0 Å². The highest BCUT2D eigenvalue weighted by Gasteiger charge is 2.41. The first-order valence-corrected chi connectivity index (χ1v) is 10.3. The number of carbonyl (C=O) groups is 1. The Hall–Kier alpha value is -2.71. The van der Waals surface area contributed by atoms with Gasteiger partial charge in [0.15, 0.2) is 0 Å². The summed E-state index contributed by atoms with van der Waals surface area (Å²) in [6.07, 6.45) is 7.68. The van der Waals surface area contributed by atoms with Crippen molar-refractivity contribution >= 4 is 17.6 Å². The number of urea groups is 1. The van der Waals surface area contributed by atoms with Crippen LogP contribution in [0.1, 0.15) is 24.8 Å². The molecule has 5 rings (SSSR count). The molecule has 4 heterocycles. The number of aromatic nitrogens is 2. The number of aryl methyl sites for hydroxylation is 1. The number of nitrogens with one attached hydrogen (secondary N) is 1. The van der Waals surface area contributed by atoms with E-state index in [1.54, 1.807) is 10.9 Å². The smallest absolute Gasteiger partial charge is 0.322 e. The number of hydrogen-bond donors (Lipinski definition) is 2. The van der Waals surface area contributed by atoms with Gasteiger partial charge in [-0.3, -0.25) is 10.00 Å². The molecule has 0 unspecified atom stereocenters. The molecule has 0 radical (unpaired) electrons. The molecule has 1 atom stereocenters. The van der Waals surface area contributed by atoms with Gasteiger partial charge in [0.25, 0.3) is 0 Å². The lowest BCUT2D eigenvalue weighted by Gasteiger charge is -2.32. The highest BCUT2D eigenvalue weighted by atomic mass is 16.5. The number of amides is 2. The standard InChI is InChI=1S/C17H21N3O2.C4H6N2.CH4O/c21-16(19-15-10-13-4-1-2-5-14(13)18-15)20-8-7-17(11-20)6-3-9-22-12-17;1-6-4-2-3-5-6;1-2/h1-2,4-5H,3,6-12H2,(H,18,19,21);2-4H,1H3;2H,1H3/t17-;;/m1../s1. The van der Waals surface area contributed by atoms with Crippen LogP contribution in [0.2, 0.25) is 0 Å². The van der Waals surface area contributed by atoms with Crippen LogP contribution in [0.25, 0.3) is 0 Å². The molecule has 0 aliphatic carbocycles. The molecule has 8 heteroatoms. The van der Waals surface area contributed by atoms with Gasteiger partial charge in [-0.1, -0.05) is 18.2 Å². The van der Waals surface area contributed by atoms with Crippen molar-refractivity contribution in [2.24, 2.45) is 17.5 Å². The Kier molecular flexibility index (Phi) is 7.59. The number of ether oxygens (including phenoxy) is 1. The average molecular weight is 414 g/mol. The summed E-state index contributed by atoms with van der Waals surface area (Å²) in [5.41, 5.74) is 2.34. The van der Waals surface area contributed by atoms with Gasteiger partial charge in [-0.05, 0) is 37.0 Å². The molecule has 2 amide bonds. The highest BCUT2D eigenvalue weighted by Crippen LogP contribution is 2.38. The van der Waals surface area contributed by atoms with E-state index in [1.165, 1.54) is 12.0 Å². The fourth-order valence-corrected chi connectivity index (χ4v) is 4.09. The fraction of sp³-hybridized carbons (Fsp3) is 0.500. The molecule has 0 bridgehead atoms. The molecule has 30 heavy (non-hydrogen) atoms. The third-order valence-electron chi connectivity index (χ3n) is 5.62. The highest BCUT2D eigenvalue weighted by molar-refractivity contribution is 6.02. The maximum absolute atomic E-state index is 12.5. The van der Waals surface area contributed by atoms with E-state index >= 15 is 0 Å². The zero-order chi connectivity index (χ0) is 21.4. The molecule has 2 fully saturated rings. The SMILES string of the molecule is CO.Cn1cccn1.O=C(NC1=Nc2ccccc2C1)N1CC[C@]2(CCCOC2)C1. The largest absolute Gasteiger partial charge is 0.400 e. The summed E-state index contributed by atoms with van der Waals surface area (Å²) in [7, 11) is 2.89. The number of benzene rings is 1. The molecule has 2 aromatic rings. The van der Waals surface area contributed by atoms with Gasteiger partial charge in [-0.25, -0.2) is 9.79 Å². The fourth-order valence-electron chi connectivity index (χ4n) is 4.09. The number of aliphatic imine (C=N–C) groups is 1. The van der Waals surface area contributed by atoms with E-state index in [4.69, 9.17) is 9.84 Å². The second-order valence-corrected chi connectivity index (χ2v) is 7.80. The lowest BCUT2D eigenvalue weighted by molar-refractivity contribution is -0.000361. The first-order valence-electron chi connectivity index (χ1n) is 10.3. The zero-order valence-corrected chi connectivity index (χ0v) is 17.8. The normalized spacial score (nSPS) is 21.7. The van der Waals surface area contributed by atoms with Gasteiger partial charge in [-0.2, -0.15) is 5.10 Å². The molecule has 3 aliphatic rings. The number of fused-ring (bicyclic) bond motifs is 1. The van der Waals surface area contributed by atoms with Crippen LogP contribution < -0.4 is 5.32 Å². The third kappa shape index (κ3) is 5.46. The van der Waals surface area contributed by atoms with Crippen LogP contribution in [-0.4, -0.2) is 65.1 Å². The minimum Gasteiger partial charge on any atom is -0.400 e. The van der Waals surface area contributed by atoms with Crippen molar-refractivity contribution < 1.29 is 14.6 Å². The van der Waals surface area contributed by atoms with Gasteiger partial charge in [0.1, 0.15) is 5.84 Å². The Bertz CT molecular complexity index is 844. The molecule has 0 saturated carbocycles. The number of amidine groups is 1. The molecule has 2 saturated heterocycles. The van der Waals surface area contributed by atoms with Gasteiger partial charge >= 0.3 is 6.03 Å². The van der Waals surface area contributed by atoms with Crippen LogP contribution in [0, 0.1) is 5.41 Å². The van der Waals surface area contributed by atoms with Crippen LogP contribution in [0.15, 0.2) is 47.7 Å². The predicted octanol–water partition coefficient (Wildman–Crippen LogP) is 2.51. The van der Waals surface area contributed by atoms with Crippen molar-refractivity contribution in [3.05, 3.63) is 48.3 Å². The number of aliphatic hydroxyl groups is 1. The number of nitrogens with zero attached hydrogens (tertiary/aromatic N) is 4. The van der Waals surface area contributed by atoms with E-state index in [9.17, 15) is 4.79 Å². The van der Waals surface area contributed by atoms with Crippen molar-refractivity contribution in [1.29, 1.82) is 0 Å². The summed E-state index contributed by atoms with van der Waals surface area (Å²) in [6, 6.07) is 9.89. The van der Waals surface area contributed by atoms with E-state index < -0.39 is 0 Å². The second-order valence-electron chi connectivity index (χ2n) is 7.80. The third-order valence-corrected chi connectivity index (χ3v) is 5.62. The van der Waals surface area contributed by atoms with E-state index in [-0.39, 0.29) is 11.4 Å². The molecule has 8 nitrogen and oxygen atoms in total. The summed E-state index contributed by atoms with van der Waals surface area (Å²) >= 11 is 0. The molecule has 2 N–H and O–H groups in total. The predicted molar refractivity (Wildman–Crippen MR) is 116 cm³/mol. The summed E-state index contributed by atoms with van der Waals surface area (Å²) < 4.78 is 7.38. The van der Waals surface area contributed by atoms with E-state index in [0.717, 1.165) is 57.8 Å². The summed E-state index contributed by atoms with van der Waals surface area (Å²) in [5.74, 6) is 0.757. The molecule has 1 spiro atoms. The maximum Gasteiger partial charge on any atom is 0.322 e. The number of carbonyl (C=O) groups excluding carboxylic acids is 1. The number of aliphatic hydroxyl groups excluding tert-OH is 1. The van der Waals surface area contributed by atoms with Gasteiger partial charge in [0.2, 0.25) is 0 Å². The van der Waals surface area contributed by atoms with Crippen molar-refractivity contribution in [2.45, 2.75) is 25.7 Å². The molecule has 3 aliphatic heterocycles. The Labute approximate surface area is 177 Å². The van der Waals surface area contributed by atoms with E-state index in [1.807, 2.05) is 42.4 Å². The quantitative estimate of drug-likeness (QED) is 0.694. The molecule has 162 valence electrons. The number of para-hydroxylation sites is 1. The van der Waals surface area contributed by atoms with Crippen LogP contribution in [0.5, 0.6) is 0 Å². The summed E-state index contributed by atoms with van der Waals surface area (Å²) in [4.78, 5) is 18.9. The van der Waals surface area contributed by atoms with Gasteiger partial charge in [0, 0.05) is 58.1 Å². The lowest BCUT2D eigenvalue weighted by Crippen LogP contribution is -2.44. The first kappa shape index (κ1) is 22.0. The number of rotatable bonds is 0. The minimum absolute atomic E-state index is 0.0194. The Balaban J connectivity index is 0.000000273. The van der Waals surface area contributed by atoms with Crippen molar-refractivity contribution in [1.82, 2.24) is 20.0 Å². The minimum atomic E-state index is -0.0194. The number of likely N-dealkylation sites (tertiary alicyclic amines) is 1. The van der Waals surface area contributed by atoms with Crippen LogP contribution in [-0.2, 0) is 18.2 Å². The zero-order valence-electron chi connectivity index (χ0n) is 17.8. The van der Waals surface area contributed by atoms with E-state index in [0.29, 0.717) is 6.42 Å². The van der Waals surface area contributed by atoms with Gasteiger partial charge < -0.3 is 14.7 Å². The molecule has 1 aromatic carbocycles. The van der Waals surface area contributed by atoms with E-state index in [2.05, 4.69) is 21.5 Å². The lowest BCUT2D eigenvalue weighted by atomic mass is 9.82. The topological polar surface area (TPSA) is 92.0 Å². The van der Waals surface area contributed by atoms with Crippen molar-refractivity contribution in [2.75, 3.05) is 33.4 Å². The molecular weight excluding hydrogens is 382 g/mol. The van der Waals surface area contributed by atoms with Crippen LogP contribution in [0.3, 0.4) is 0 Å². The summed E-state index contributed by atoms with van der Waals surface area (Å²) in [5, 5.41) is 13.8. The first-order chi connectivity index (χ1) is 14.6. The summed E-state index contributed by atoms with van der Waals surface area (Å²) in [6.45, 7) is 3.28. The van der Waals surface area contributed by atoms with Gasteiger partial charge in [0.05, 0.1) is 12.3 Å². The Morgan fingerprint density at radius 2 is 2.07 bits per heavy atom. The van der Waals surface area contributed by atoms with Crippen molar-refractivity contribution in [3.63, 3.8) is 0 Å². The Morgan fingerprint density at radius 3 is 2.70 bits per heavy atom. The second kappa shape index (κ2) is 10.4. The number of hydrogen-bond acceptors (Lipinski definition) is 5. The molecular formula is C22H31N5O3.